The van der Waals surface area contributed by atoms with Crippen LogP contribution >= 0.6 is 22.7 Å². The van der Waals surface area contributed by atoms with Crippen molar-refractivity contribution in [2.75, 3.05) is 13.1 Å². The number of amides is 1. The van der Waals surface area contributed by atoms with Crippen molar-refractivity contribution in [3.8, 4) is 10.4 Å². The minimum atomic E-state index is -0.182. The summed E-state index contributed by atoms with van der Waals surface area (Å²) in [7, 11) is 0. The molecule has 3 unspecified atom stereocenters. The summed E-state index contributed by atoms with van der Waals surface area (Å²) in [6.07, 6.45) is 23.2. The van der Waals surface area contributed by atoms with Gasteiger partial charge in [-0.15, -0.1) is 22.7 Å². The summed E-state index contributed by atoms with van der Waals surface area (Å²) in [5.74, 6) is 0.151. The van der Waals surface area contributed by atoms with Crippen LogP contribution in [0.4, 0.5) is 0 Å². The van der Waals surface area contributed by atoms with Crippen molar-refractivity contribution in [2.45, 2.75) is 207 Å². The monoisotopic (exact) mass is 1080 g/mol. The summed E-state index contributed by atoms with van der Waals surface area (Å²) in [6.45, 7) is 20.3. The molecule has 0 spiro atoms. The number of unbranched alkanes of at least 4 members (excludes halogenated alkanes) is 15. The zero-order valence-corrected chi connectivity index (χ0v) is 50.2. The first-order chi connectivity index (χ1) is 38.0. The number of carbonyl (C=O) groups is 1. The maximum absolute atomic E-state index is 15.7. The number of nitrogens with zero attached hydrogens (tertiary/aromatic N) is 3. The summed E-state index contributed by atoms with van der Waals surface area (Å²) in [6, 6.07) is 46.0. The molecule has 412 valence electrons. The van der Waals surface area contributed by atoms with Gasteiger partial charge >= 0.3 is 0 Å². The molecule has 0 aliphatic carbocycles. The zero-order chi connectivity index (χ0) is 54.4. The smallest absolute Gasteiger partial charge is 0.260 e. The lowest BCUT2D eigenvalue weighted by Gasteiger charge is -2.30. The van der Waals surface area contributed by atoms with E-state index in [0.717, 1.165) is 59.6 Å². The van der Waals surface area contributed by atoms with Gasteiger partial charge in [-0.25, -0.2) is 0 Å². The molecule has 78 heavy (non-hydrogen) atoms. The van der Waals surface area contributed by atoms with E-state index in [2.05, 4.69) is 191 Å². The molecule has 1 saturated heterocycles. The van der Waals surface area contributed by atoms with Crippen LogP contribution in [-0.2, 0) is 20.4 Å². The molecule has 0 N–H and O–H groups in total. The van der Waals surface area contributed by atoms with Crippen LogP contribution in [0.3, 0.4) is 0 Å². The average molecular weight is 1080 g/mol. The lowest BCUT2D eigenvalue weighted by atomic mass is 9.78. The highest BCUT2D eigenvalue weighted by Gasteiger charge is 2.58. The lowest BCUT2D eigenvalue weighted by Crippen LogP contribution is -2.34. The maximum Gasteiger partial charge on any atom is 0.260 e. The Balaban J connectivity index is 1.06. The number of epoxide rings is 1. The van der Waals surface area contributed by atoms with Crippen LogP contribution in [-0.4, -0.2) is 45.7 Å². The number of thiophene rings is 2. The number of hydrogen-bond acceptors (Lipinski definition) is 5. The molecular formula is C71H89N3O2S2. The second-order valence-electron chi connectivity index (χ2n) is 24.2. The van der Waals surface area contributed by atoms with Gasteiger partial charge in [0.05, 0.1) is 26.7 Å². The number of carbonyl (C=O) groups excluding carboxylic acids is 1. The van der Waals surface area contributed by atoms with E-state index < -0.39 is 0 Å². The largest absolute Gasteiger partial charge is 0.342 e. The van der Waals surface area contributed by atoms with E-state index in [-0.39, 0.29) is 29.1 Å². The van der Waals surface area contributed by atoms with E-state index in [1.165, 1.54) is 155 Å². The molecule has 3 aliphatic heterocycles. The molecule has 0 bridgehead atoms. The molecule has 5 nitrogen and oxygen atoms in total. The minimum absolute atomic E-state index is 0.0697. The van der Waals surface area contributed by atoms with E-state index in [4.69, 9.17) is 4.74 Å². The summed E-state index contributed by atoms with van der Waals surface area (Å²) in [4.78, 5) is 25.3. The number of fused-ring (bicyclic) bond motifs is 6. The second-order valence-corrected chi connectivity index (χ2v) is 26.3. The van der Waals surface area contributed by atoms with Crippen molar-refractivity contribution in [3.05, 3.63) is 164 Å². The molecule has 6 heterocycles. The van der Waals surface area contributed by atoms with Crippen LogP contribution in [0.25, 0.3) is 43.6 Å². The van der Waals surface area contributed by atoms with Crippen LogP contribution in [0.2, 0.25) is 0 Å². The van der Waals surface area contributed by atoms with Gasteiger partial charge in [0.2, 0.25) is 0 Å². The highest BCUT2D eigenvalue weighted by Crippen LogP contribution is 2.56. The van der Waals surface area contributed by atoms with Gasteiger partial charge in [0.15, 0.2) is 6.23 Å². The van der Waals surface area contributed by atoms with Crippen LogP contribution in [0.5, 0.6) is 0 Å². The lowest BCUT2D eigenvalue weighted by molar-refractivity contribution is -0.123. The van der Waals surface area contributed by atoms with Crippen LogP contribution in [0, 0.1) is 0 Å². The van der Waals surface area contributed by atoms with E-state index in [0.29, 0.717) is 12.6 Å². The van der Waals surface area contributed by atoms with E-state index >= 15 is 4.79 Å². The van der Waals surface area contributed by atoms with E-state index in [1.54, 1.807) is 0 Å². The van der Waals surface area contributed by atoms with Crippen LogP contribution in [0.1, 0.15) is 215 Å². The Labute approximate surface area is 476 Å². The van der Waals surface area contributed by atoms with Gasteiger partial charge in [-0.2, -0.15) is 0 Å². The average Bonchev–Trinajstić information content (AvgIpc) is 4.03. The number of aromatic nitrogens is 1. The molecule has 0 saturated carbocycles. The predicted octanol–water partition coefficient (Wildman–Crippen LogP) is 20.3. The van der Waals surface area contributed by atoms with Gasteiger partial charge in [0.1, 0.15) is 6.10 Å². The summed E-state index contributed by atoms with van der Waals surface area (Å²) in [5.41, 5.74) is 11.7. The maximum atomic E-state index is 15.7. The summed E-state index contributed by atoms with van der Waals surface area (Å²) >= 11 is 3.71. The highest BCUT2D eigenvalue weighted by atomic mass is 32.1. The van der Waals surface area contributed by atoms with Gasteiger partial charge in [-0.1, -0.05) is 236 Å². The van der Waals surface area contributed by atoms with Gasteiger partial charge < -0.3 is 19.1 Å². The number of hydrogen-bond donors (Lipinski definition) is 0. The standard InChI is InChI=1S/C71H89N3O2S2/c1-9-12-15-18-21-26-33-50(4)74-57-48-51(38-40-55(57)56-41-39-54(49-58(56)74)70(5,6)52-34-27-24-28-35-52)59-42-43-60(77-59)65-63-64(68(75)72(65)46-31-22-19-16-13-10-2)66(73(69-67(63)76-69)47-32-23-20-17-14-11-3)61-44-45-62(78-61)71(7,8)53-36-29-25-30-37-53/h24-25,27-30,34-45,48-50,67,69H,9-23,26,31-33,46-47H2,1-8H3. The molecule has 1 fully saturated rings. The first-order valence-electron chi connectivity index (χ1n) is 30.6. The van der Waals surface area contributed by atoms with Crippen molar-refractivity contribution in [1.82, 2.24) is 14.4 Å². The first kappa shape index (κ1) is 56.1. The molecule has 3 atom stereocenters. The summed E-state index contributed by atoms with van der Waals surface area (Å²) in [5, 5.41) is 2.64. The number of rotatable bonds is 29. The Bertz CT molecular complexity index is 3200. The van der Waals surface area contributed by atoms with Crippen molar-refractivity contribution in [1.29, 1.82) is 0 Å². The highest BCUT2D eigenvalue weighted by molar-refractivity contribution is 7.16. The molecular weight excluding hydrogens is 991 g/mol. The van der Waals surface area contributed by atoms with Gasteiger partial charge in [-0.05, 0) is 84.8 Å². The van der Waals surface area contributed by atoms with Gasteiger partial charge in [0.25, 0.3) is 5.91 Å². The van der Waals surface area contributed by atoms with E-state index in [9.17, 15) is 0 Å². The minimum Gasteiger partial charge on any atom is -0.342 e. The third kappa shape index (κ3) is 11.5. The Morgan fingerprint density at radius 3 is 1.72 bits per heavy atom. The Morgan fingerprint density at radius 1 is 0.526 bits per heavy atom. The van der Waals surface area contributed by atoms with E-state index in [1.807, 2.05) is 22.7 Å². The second kappa shape index (κ2) is 25.1. The predicted molar refractivity (Wildman–Crippen MR) is 335 cm³/mol. The molecule has 7 aromatic rings. The fraction of sp³-hybridized carbons (Fsp3) is 0.479. The van der Waals surface area contributed by atoms with Crippen molar-refractivity contribution in [3.63, 3.8) is 0 Å². The summed E-state index contributed by atoms with van der Waals surface area (Å²) < 4.78 is 9.56. The van der Waals surface area contributed by atoms with Gasteiger partial charge in [-0.3, -0.25) is 4.79 Å². The molecule has 0 radical (unpaired) electrons. The Morgan fingerprint density at radius 2 is 1.06 bits per heavy atom. The van der Waals surface area contributed by atoms with Crippen LogP contribution < -0.4 is 0 Å². The van der Waals surface area contributed by atoms with Crippen molar-refractivity contribution in [2.24, 2.45) is 0 Å². The molecule has 3 aliphatic rings. The molecule has 10 rings (SSSR count). The SMILES string of the molecule is CCCCCCCCC(C)n1c2cc(-c3ccc(C4=C5C(=C(c6ccc(C(C)(C)c7ccccc7)s6)N(CCCCCCCC)C6OC56)C(=O)N4CCCCCCCC)s3)ccc2c2ccc(C(C)(C)c3ccccc3)cc21. The van der Waals surface area contributed by atoms with Crippen LogP contribution in [0.15, 0.2) is 132 Å². The quantitative estimate of drug-likeness (QED) is 0.0347. The number of benzene rings is 4. The van der Waals surface area contributed by atoms with Crippen molar-refractivity contribution >= 4 is 61.8 Å². The molecule has 7 heteroatoms. The number of ether oxygens (including phenoxy) is 1. The topological polar surface area (TPSA) is 41.0 Å². The normalized spacial score (nSPS) is 17.1. The van der Waals surface area contributed by atoms with Crippen molar-refractivity contribution < 1.29 is 9.53 Å². The fourth-order valence-electron chi connectivity index (χ4n) is 12.9. The Hall–Kier alpha value is -5.21. The van der Waals surface area contributed by atoms with Gasteiger partial charge in [0, 0.05) is 67.1 Å². The molecule has 1 amide bonds. The first-order valence-corrected chi connectivity index (χ1v) is 32.2. The zero-order valence-electron chi connectivity index (χ0n) is 48.6. The fourth-order valence-corrected chi connectivity index (χ4v) is 15.2. The third-order valence-corrected chi connectivity index (χ3v) is 20.4. The molecule has 3 aromatic heterocycles. The molecule has 4 aromatic carbocycles. The Kier molecular flexibility index (Phi) is 18.0. The third-order valence-electron chi connectivity index (χ3n) is 17.8.